The normalized spacial score (nSPS) is 17.1. The fourth-order valence-corrected chi connectivity index (χ4v) is 2.47. The van der Waals surface area contributed by atoms with Gasteiger partial charge in [-0.15, -0.1) is 0 Å². The van der Waals surface area contributed by atoms with Gasteiger partial charge in [-0.1, -0.05) is 11.6 Å². The van der Waals surface area contributed by atoms with E-state index in [1.165, 1.54) is 6.07 Å². The molecule has 0 radical (unpaired) electrons. The van der Waals surface area contributed by atoms with Gasteiger partial charge in [0.15, 0.2) is 6.10 Å². The van der Waals surface area contributed by atoms with Crippen LogP contribution in [0.25, 0.3) is 0 Å². The van der Waals surface area contributed by atoms with E-state index < -0.39 is 17.9 Å². The summed E-state index contributed by atoms with van der Waals surface area (Å²) in [6.45, 7) is 3.83. The zero-order valence-electron chi connectivity index (χ0n) is 11.2. The van der Waals surface area contributed by atoms with Crippen LogP contribution in [0.15, 0.2) is 12.1 Å². The van der Waals surface area contributed by atoms with Crippen LogP contribution in [-0.2, 0) is 9.59 Å². The number of rotatable bonds is 4. The molecule has 1 aliphatic rings. The monoisotopic (exact) mass is 297 g/mol. The predicted octanol–water partition coefficient (Wildman–Crippen LogP) is 1.03. The molecule has 0 fully saturated rings. The number of benzene rings is 1. The summed E-state index contributed by atoms with van der Waals surface area (Å²) in [7, 11) is 0. The van der Waals surface area contributed by atoms with E-state index in [4.69, 9.17) is 17.3 Å². The van der Waals surface area contributed by atoms with E-state index in [-0.39, 0.29) is 12.6 Å². The van der Waals surface area contributed by atoms with Gasteiger partial charge in [0, 0.05) is 17.3 Å². The number of hydrogen-bond acceptors (Lipinski definition) is 4. The van der Waals surface area contributed by atoms with E-state index in [0.29, 0.717) is 22.0 Å². The summed E-state index contributed by atoms with van der Waals surface area (Å²) in [4.78, 5) is 24.3. The molecule has 2 amide bonds. The van der Waals surface area contributed by atoms with Gasteiger partial charge in [0.25, 0.3) is 5.91 Å². The first-order chi connectivity index (χ1) is 9.31. The van der Waals surface area contributed by atoms with Crippen LogP contribution in [0.1, 0.15) is 25.5 Å². The summed E-state index contributed by atoms with van der Waals surface area (Å²) in [5.74, 6) is -0.960. The number of nitrogens with two attached hydrogens (primary N) is 1. The van der Waals surface area contributed by atoms with Gasteiger partial charge in [-0.25, -0.2) is 0 Å². The molecular weight excluding hydrogens is 282 g/mol. The molecule has 0 bridgehead atoms. The first-order valence-electron chi connectivity index (χ1n) is 6.18. The topological polar surface area (TPSA) is 95.7 Å². The molecule has 0 aliphatic carbocycles. The summed E-state index contributed by atoms with van der Waals surface area (Å²) in [5.41, 5.74) is 6.77. The molecule has 20 heavy (non-hydrogen) atoms. The van der Waals surface area contributed by atoms with Crippen molar-refractivity contribution in [3.63, 3.8) is 0 Å². The SMILES string of the molecule is CC(C)N(CC(N)=O)c1cc2c(cc1Cl)C(O)C(=O)N2. The molecule has 1 atom stereocenters. The maximum Gasteiger partial charge on any atom is 0.257 e. The molecule has 7 heteroatoms. The predicted molar refractivity (Wildman–Crippen MR) is 76.7 cm³/mol. The molecule has 1 heterocycles. The first kappa shape index (κ1) is 14.6. The number of halogens is 1. The highest BCUT2D eigenvalue weighted by molar-refractivity contribution is 6.33. The third kappa shape index (κ3) is 2.57. The van der Waals surface area contributed by atoms with Crippen LogP contribution in [-0.4, -0.2) is 29.5 Å². The van der Waals surface area contributed by atoms with Crippen LogP contribution in [0.5, 0.6) is 0 Å². The first-order valence-corrected chi connectivity index (χ1v) is 6.56. The van der Waals surface area contributed by atoms with Crippen molar-refractivity contribution in [1.82, 2.24) is 0 Å². The van der Waals surface area contributed by atoms with Crippen molar-refractivity contribution in [3.8, 4) is 0 Å². The third-order valence-corrected chi connectivity index (χ3v) is 3.48. The largest absolute Gasteiger partial charge is 0.378 e. The lowest BCUT2D eigenvalue weighted by Crippen LogP contribution is -2.38. The van der Waals surface area contributed by atoms with Crippen LogP contribution in [0, 0.1) is 0 Å². The fourth-order valence-electron chi connectivity index (χ4n) is 2.19. The van der Waals surface area contributed by atoms with Gasteiger partial charge in [0.05, 0.1) is 17.3 Å². The minimum atomic E-state index is -1.21. The van der Waals surface area contributed by atoms with Crippen LogP contribution >= 0.6 is 11.6 Å². The molecule has 1 aromatic rings. The highest BCUT2D eigenvalue weighted by Crippen LogP contribution is 2.39. The van der Waals surface area contributed by atoms with Gasteiger partial charge in [-0.3, -0.25) is 9.59 Å². The highest BCUT2D eigenvalue weighted by atomic mass is 35.5. The minimum absolute atomic E-state index is 0.0000723. The van der Waals surface area contributed by atoms with Gasteiger partial charge in [0.1, 0.15) is 0 Å². The zero-order valence-corrected chi connectivity index (χ0v) is 11.9. The number of anilines is 2. The molecular formula is C13H16ClN3O3. The van der Waals surface area contributed by atoms with Crippen molar-refractivity contribution in [2.45, 2.75) is 26.0 Å². The maximum absolute atomic E-state index is 11.4. The maximum atomic E-state index is 11.4. The highest BCUT2D eigenvalue weighted by Gasteiger charge is 2.30. The Bertz CT molecular complexity index is 574. The molecule has 1 aliphatic heterocycles. The van der Waals surface area contributed by atoms with Crippen LogP contribution < -0.4 is 16.0 Å². The Morgan fingerprint density at radius 2 is 2.20 bits per heavy atom. The van der Waals surface area contributed by atoms with E-state index in [9.17, 15) is 14.7 Å². The Hall–Kier alpha value is -1.79. The number of nitrogens with zero attached hydrogens (tertiary/aromatic N) is 1. The lowest BCUT2D eigenvalue weighted by molar-refractivity contribution is -0.123. The zero-order chi connectivity index (χ0) is 15.0. The van der Waals surface area contributed by atoms with Crippen molar-refractivity contribution in [3.05, 3.63) is 22.7 Å². The van der Waals surface area contributed by atoms with Crippen molar-refractivity contribution in [1.29, 1.82) is 0 Å². The van der Waals surface area contributed by atoms with Gasteiger partial charge in [-0.2, -0.15) is 0 Å². The van der Waals surface area contributed by atoms with Crippen molar-refractivity contribution < 1.29 is 14.7 Å². The molecule has 6 nitrogen and oxygen atoms in total. The second kappa shape index (κ2) is 5.30. The molecule has 1 aromatic carbocycles. The van der Waals surface area contributed by atoms with Gasteiger partial charge in [-0.05, 0) is 26.0 Å². The Kier molecular flexibility index (Phi) is 3.87. The van der Waals surface area contributed by atoms with E-state index in [0.717, 1.165) is 0 Å². The number of amides is 2. The average molecular weight is 298 g/mol. The summed E-state index contributed by atoms with van der Waals surface area (Å²) in [6.07, 6.45) is -1.21. The van der Waals surface area contributed by atoms with Gasteiger partial charge >= 0.3 is 0 Å². The smallest absolute Gasteiger partial charge is 0.257 e. The van der Waals surface area contributed by atoms with Crippen molar-refractivity contribution in [2.24, 2.45) is 5.73 Å². The third-order valence-electron chi connectivity index (χ3n) is 3.18. The summed E-state index contributed by atoms with van der Waals surface area (Å²) in [5, 5.41) is 12.6. The Labute approximate surface area is 121 Å². The standard InChI is InChI=1S/C13H16ClN3O3/c1-6(2)17(5-11(15)18)10-4-9-7(3-8(10)14)12(19)13(20)16-9/h3-4,6,12,19H,5H2,1-2H3,(H2,15,18)(H,16,20). The Morgan fingerprint density at radius 1 is 1.55 bits per heavy atom. The Balaban J connectivity index is 2.45. The lowest BCUT2D eigenvalue weighted by Gasteiger charge is -2.29. The molecule has 0 saturated carbocycles. The molecule has 0 aromatic heterocycles. The van der Waals surface area contributed by atoms with E-state index in [1.807, 2.05) is 13.8 Å². The quantitative estimate of drug-likeness (QED) is 0.773. The number of carbonyl (C=O) groups excluding carboxylic acids is 2. The number of aliphatic hydroxyl groups excluding tert-OH is 1. The molecule has 0 saturated heterocycles. The molecule has 2 rings (SSSR count). The molecule has 108 valence electrons. The van der Waals surface area contributed by atoms with E-state index >= 15 is 0 Å². The van der Waals surface area contributed by atoms with Crippen molar-refractivity contribution >= 4 is 34.8 Å². The van der Waals surface area contributed by atoms with Gasteiger partial charge in [0.2, 0.25) is 5.91 Å². The summed E-state index contributed by atoms with van der Waals surface area (Å²) in [6, 6.07) is 3.18. The molecule has 0 spiro atoms. The number of hydrogen-bond donors (Lipinski definition) is 3. The second-order valence-electron chi connectivity index (χ2n) is 4.97. The second-order valence-corrected chi connectivity index (χ2v) is 5.38. The number of fused-ring (bicyclic) bond motifs is 1. The summed E-state index contributed by atoms with van der Waals surface area (Å²) >= 11 is 6.20. The van der Waals surface area contributed by atoms with Gasteiger partial charge < -0.3 is 21.1 Å². The molecule has 4 N–H and O–H groups in total. The molecule has 1 unspecified atom stereocenters. The lowest BCUT2D eigenvalue weighted by atomic mass is 10.1. The number of primary amides is 1. The number of nitrogens with one attached hydrogen (secondary N) is 1. The van der Waals surface area contributed by atoms with E-state index in [1.54, 1.807) is 11.0 Å². The van der Waals surface area contributed by atoms with Crippen LogP contribution in [0.4, 0.5) is 11.4 Å². The average Bonchev–Trinajstić information content (AvgIpc) is 2.61. The number of carbonyl (C=O) groups is 2. The summed E-state index contributed by atoms with van der Waals surface area (Å²) < 4.78 is 0. The van der Waals surface area contributed by atoms with Crippen molar-refractivity contribution in [2.75, 3.05) is 16.8 Å². The fraction of sp³-hybridized carbons (Fsp3) is 0.385. The van der Waals surface area contributed by atoms with Crippen LogP contribution in [0.3, 0.4) is 0 Å². The number of aliphatic hydroxyl groups is 1. The van der Waals surface area contributed by atoms with Crippen LogP contribution in [0.2, 0.25) is 5.02 Å². The van der Waals surface area contributed by atoms with E-state index in [2.05, 4.69) is 5.32 Å². The Morgan fingerprint density at radius 3 is 2.75 bits per heavy atom. The minimum Gasteiger partial charge on any atom is -0.378 e.